The number of aliphatic hydroxyl groups is 1. The topological polar surface area (TPSA) is 32.7 Å². The van der Waals surface area contributed by atoms with Crippen molar-refractivity contribution in [2.24, 2.45) is 0 Å². The summed E-state index contributed by atoms with van der Waals surface area (Å²) in [6.45, 7) is 4.38. The van der Waals surface area contributed by atoms with Gasteiger partial charge in [0.15, 0.2) is 0 Å². The van der Waals surface area contributed by atoms with Crippen molar-refractivity contribution in [3.8, 4) is 5.75 Å². The Hall–Kier alpha value is -1.58. The molecule has 0 bridgehead atoms. The Morgan fingerprint density at radius 2 is 2.00 bits per heavy atom. The molecule has 1 fully saturated rings. The summed E-state index contributed by atoms with van der Waals surface area (Å²) in [5, 5.41) is 12.6. The Kier molecular flexibility index (Phi) is 4.96. The molecule has 0 amide bonds. The molecule has 1 N–H and O–H groups in total. The van der Waals surface area contributed by atoms with Gasteiger partial charge in [-0.2, -0.15) is 0 Å². The number of piperidine rings is 1. The molecule has 3 rings (SSSR count). The van der Waals surface area contributed by atoms with Crippen molar-refractivity contribution in [1.82, 2.24) is 4.90 Å². The minimum Gasteiger partial charge on any atom is -0.490 e. The fraction of sp³-hybridized carbons (Fsp3) is 0.474. The van der Waals surface area contributed by atoms with E-state index in [2.05, 4.69) is 30.0 Å². The lowest BCUT2D eigenvalue weighted by Gasteiger charge is -2.34. The summed E-state index contributed by atoms with van der Waals surface area (Å²) in [6.07, 6.45) is 3.33. The Morgan fingerprint density at radius 1 is 1.18 bits per heavy atom. The van der Waals surface area contributed by atoms with E-state index in [1.165, 1.54) is 24.6 Å². The van der Waals surface area contributed by atoms with Crippen LogP contribution in [0.3, 0.4) is 0 Å². The first-order valence-electron chi connectivity index (χ1n) is 8.27. The summed E-state index contributed by atoms with van der Waals surface area (Å²) in [4.78, 5) is 2.38. The molecule has 3 nitrogen and oxygen atoms in total. The number of β-amino-alcohol motifs (C(OH)–C–C–N with tert-alkyl or cyclic N) is 1. The van der Waals surface area contributed by atoms with Crippen LogP contribution >= 0.6 is 0 Å². The second-order valence-corrected chi connectivity index (χ2v) is 6.28. The molecule has 0 aliphatic carbocycles. The zero-order valence-corrected chi connectivity index (χ0v) is 13.2. The summed E-state index contributed by atoms with van der Waals surface area (Å²) < 4.78 is 5.88. The highest BCUT2D eigenvalue weighted by Crippen LogP contribution is 2.25. The second kappa shape index (κ2) is 7.12. The first-order valence-corrected chi connectivity index (χ1v) is 8.27. The maximum atomic E-state index is 10.3. The Labute approximate surface area is 132 Å². The van der Waals surface area contributed by atoms with Crippen molar-refractivity contribution in [3.63, 3.8) is 0 Å². The molecule has 0 aromatic heterocycles. The summed E-state index contributed by atoms with van der Waals surface area (Å²) in [6, 6.07) is 14.8. The molecule has 1 saturated heterocycles. The standard InChI is InChI=1S/C19H25NO2/c1-15-7-4-5-12-20(15)13-17(21)14-22-19-11-6-9-16-8-2-3-10-18(16)19/h2-3,6,8-11,15,17,21H,4-5,7,12-14H2,1H3/t15-,17-/m1/s1. The molecule has 0 spiro atoms. The van der Waals surface area contributed by atoms with Crippen molar-refractivity contribution >= 4 is 10.8 Å². The van der Waals surface area contributed by atoms with Crippen LogP contribution in [0.1, 0.15) is 26.2 Å². The van der Waals surface area contributed by atoms with E-state index in [1.807, 2.05) is 24.3 Å². The van der Waals surface area contributed by atoms with E-state index in [0.29, 0.717) is 19.2 Å². The number of benzene rings is 2. The van der Waals surface area contributed by atoms with Gasteiger partial charge >= 0.3 is 0 Å². The smallest absolute Gasteiger partial charge is 0.127 e. The summed E-state index contributed by atoms with van der Waals surface area (Å²) in [5.74, 6) is 0.851. The van der Waals surface area contributed by atoms with Crippen LogP contribution in [0.5, 0.6) is 5.75 Å². The van der Waals surface area contributed by atoms with Gasteiger partial charge in [0, 0.05) is 18.0 Å². The second-order valence-electron chi connectivity index (χ2n) is 6.28. The van der Waals surface area contributed by atoms with Gasteiger partial charge in [0.2, 0.25) is 0 Å². The fourth-order valence-electron chi connectivity index (χ4n) is 3.26. The number of nitrogens with zero attached hydrogens (tertiary/aromatic N) is 1. The van der Waals surface area contributed by atoms with Crippen molar-refractivity contribution in [1.29, 1.82) is 0 Å². The van der Waals surface area contributed by atoms with Crippen LogP contribution in [0.4, 0.5) is 0 Å². The molecular weight excluding hydrogens is 274 g/mol. The average Bonchev–Trinajstić information content (AvgIpc) is 2.55. The first kappa shape index (κ1) is 15.3. The molecule has 2 aromatic carbocycles. The maximum Gasteiger partial charge on any atom is 0.127 e. The molecule has 3 heteroatoms. The van der Waals surface area contributed by atoms with Gasteiger partial charge in [0.25, 0.3) is 0 Å². The third-order valence-corrected chi connectivity index (χ3v) is 4.57. The predicted molar refractivity (Wildman–Crippen MR) is 90.3 cm³/mol. The van der Waals surface area contributed by atoms with Crippen molar-refractivity contribution in [3.05, 3.63) is 42.5 Å². The summed E-state index contributed by atoms with van der Waals surface area (Å²) in [5.41, 5.74) is 0. The first-order chi connectivity index (χ1) is 10.7. The van der Waals surface area contributed by atoms with Gasteiger partial charge in [0.1, 0.15) is 18.5 Å². The number of hydrogen-bond donors (Lipinski definition) is 1. The van der Waals surface area contributed by atoms with Gasteiger partial charge in [-0.1, -0.05) is 42.8 Å². The molecule has 0 saturated carbocycles. The largest absolute Gasteiger partial charge is 0.490 e. The lowest BCUT2D eigenvalue weighted by atomic mass is 10.0. The van der Waals surface area contributed by atoms with E-state index in [0.717, 1.165) is 17.7 Å². The Morgan fingerprint density at radius 3 is 2.86 bits per heavy atom. The van der Waals surface area contributed by atoms with Crippen LogP contribution in [0.25, 0.3) is 10.8 Å². The minimum atomic E-state index is -0.445. The molecule has 2 atom stereocenters. The van der Waals surface area contributed by atoms with Crippen LogP contribution in [0, 0.1) is 0 Å². The fourth-order valence-corrected chi connectivity index (χ4v) is 3.26. The van der Waals surface area contributed by atoms with E-state index in [9.17, 15) is 5.11 Å². The van der Waals surface area contributed by atoms with Crippen molar-refractivity contribution in [2.45, 2.75) is 38.3 Å². The zero-order chi connectivity index (χ0) is 15.4. The quantitative estimate of drug-likeness (QED) is 0.918. The number of likely N-dealkylation sites (tertiary alicyclic amines) is 1. The number of rotatable bonds is 5. The van der Waals surface area contributed by atoms with Gasteiger partial charge in [-0.25, -0.2) is 0 Å². The Balaban J connectivity index is 1.59. The SMILES string of the molecule is C[C@@H]1CCCCN1C[C@@H](O)COc1cccc2ccccc12. The highest BCUT2D eigenvalue weighted by atomic mass is 16.5. The number of fused-ring (bicyclic) bond motifs is 1. The van der Waals surface area contributed by atoms with E-state index in [1.54, 1.807) is 0 Å². The number of aliphatic hydroxyl groups excluding tert-OH is 1. The van der Waals surface area contributed by atoms with Crippen molar-refractivity contribution < 1.29 is 9.84 Å². The van der Waals surface area contributed by atoms with Gasteiger partial charge in [-0.05, 0) is 37.8 Å². The third-order valence-electron chi connectivity index (χ3n) is 4.57. The van der Waals surface area contributed by atoms with Gasteiger partial charge in [-0.3, -0.25) is 4.90 Å². The highest BCUT2D eigenvalue weighted by molar-refractivity contribution is 5.88. The molecule has 1 aliphatic heterocycles. The lowest BCUT2D eigenvalue weighted by Crippen LogP contribution is -2.43. The molecule has 1 aliphatic rings. The predicted octanol–water partition coefficient (Wildman–Crippen LogP) is 3.45. The monoisotopic (exact) mass is 299 g/mol. The average molecular weight is 299 g/mol. The normalized spacial score (nSPS) is 20.9. The summed E-state index contributed by atoms with van der Waals surface area (Å²) >= 11 is 0. The minimum absolute atomic E-state index is 0.344. The van der Waals surface area contributed by atoms with E-state index < -0.39 is 6.10 Å². The van der Waals surface area contributed by atoms with Crippen LogP contribution in [0.2, 0.25) is 0 Å². The maximum absolute atomic E-state index is 10.3. The van der Waals surface area contributed by atoms with Gasteiger partial charge in [0.05, 0.1) is 0 Å². The molecule has 0 unspecified atom stereocenters. The van der Waals surface area contributed by atoms with Crippen LogP contribution < -0.4 is 4.74 Å². The summed E-state index contributed by atoms with van der Waals surface area (Å²) in [7, 11) is 0. The van der Waals surface area contributed by atoms with Gasteiger partial charge in [-0.15, -0.1) is 0 Å². The molecule has 0 radical (unpaired) electrons. The molecule has 2 aromatic rings. The lowest BCUT2D eigenvalue weighted by molar-refractivity contribution is 0.0441. The third kappa shape index (κ3) is 3.60. The van der Waals surface area contributed by atoms with Crippen LogP contribution in [-0.4, -0.2) is 41.8 Å². The van der Waals surface area contributed by atoms with Crippen LogP contribution in [-0.2, 0) is 0 Å². The molecule has 22 heavy (non-hydrogen) atoms. The highest BCUT2D eigenvalue weighted by Gasteiger charge is 2.21. The Bertz CT molecular complexity index is 608. The van der Waals surface area contributed by atoms with E-state index >= 15 is 0 Å². The molecule has 118 valence electrons. The van der Waals surface area contributed by atoms with Crippen molar-refractivity contribution in [2.75, 3.05) is 19.7 Å². The molecule has 1 heterocycles. The van der Waals surface area contributed by atoms with E-state index in [4.69, 9.17) is 4.74 Å². The van der Waals surface area contributed by atoms with Gasteiger partial charge < -0.3 is 9.84 Å². The molecular formula is C19H25NO2. The zero-order valence-electron chi connectivity index (χ0n) is 13.2. The van der Waals surface area contributed by atoms with E-state index in [-0.39, 0.29) is 0 Å². The van der Waals surface area contributed by atoms with Crippen LogP contribution in [0.15, 0.2) is 42.5 Å². The number of ether oxygens (including phenoxy) is 1. The number of hydrogen-bond acceptors (Lipinski definition) is 3.